The van der Waals surface area contributed by atoms with Crippen molar-refractivity contribution in [1.29, 1.82) is 0 Å². The number of ether oxygens (including phenoxy) is 1. The molecule has 12 heteroatoms. The number of primary amides is 1. The van der Waals surface area contributed by atoms with Crippen LogP contribution >= 0.6 is 12.4 Å². The third kappa shape index (κ3) is 5.40. The zero-order valence-electron chi connectivity index (χ0n) is 15.0. The van der Waals surface area contributed by atoms with E-state index in [1.54, 1.807) is 0 Å². The fourth-order valence-corrected chi connectivity index (χ4v) is 3.40. The van der Waals surface area contributed by atoms with Gasteiger partial charge in [-0.3, -0.25) is 9.48 Å². The summed E-state index contributed by atoms with van der Waals surface area (Å²) in [5, 5.41) is 6.90. The van der Waals surface area contributed by atoms with E-state index in [1.165, 1.54) is 29.3 Å². The third-order valence-corrected chi connectivity index (χ3v) is 4.79. The first-order chi connectivity index (χ1) is 12.7. The molecule has 154 valence electrons. The lowest BCUT2D eigenvalue weighted by Crippen LogP contribution is -2.44. The van der Waals surface area contributed by atoms with Gasteiger partial charge < -0.3 is 15.8 Å². The molecule has 3 heterocycles. The first-order valence-corrected chi connectivity index (χ1v) is 10.3. The molecule has 9 nitrogen and oxygen atoms in total. The lowest BCUT2D eigenvalue weighted by Gasteiger charge is -2.27. The zero-order chi connectivity index (χ0) is 19.6. The highest BCUT2D eigenvalue weighted by molar-refractivity contribution is 7.89. The van der Waals surface area contributed by atoms with Gasteiger partial charge in [-0.2, -0.15) is 5.10 Å². The number of amides is 1. The van der Waals surface area contributed by atoms with E-state index in [-0.39, 0.29) is 36.3 Å². The fourth-order valence-electron chi connectivity index (χ4n) is 2.78. The number of sulfone groups is 1. The van der Waals surface area contributed by atoms with Gasteiger partial charge in [0.25, 0.3) is 5.91 Å². The maximum absolute atomic E-state index is 14.0. The van der Waals surface area contributed by atoms with Crippen LogP contribution in [0.4, 0.5) is 4.39 Å². The summed E-state index contributed by atoms with van der Waals surface area (Å²) in [6.07, 6.45) is 4.05. The number of hydrogen-bond donors (Lipinski definition) is 2. The van der Waals surface area contributed by atoms with Crippen LogP contribution in [0.1, 0.15) is 16.8 Å². The smallest absolute Gasteiger partial charge is 0.254 e. The number of halogens is 2. The second kappa shape index (κ2) is 8.84. The molecule has 2 aromatic heterocycles. The summed E-state index contributed by atoms with van der Waals surface area (Å²) < 4.78 is 43.5. The fraction of sp³-hybridized carbons (Fsp3) is 0.438. The molecule has 1 aliphatic rings. The first kappa shape index (κ1) is 22.1. The number of aromatic nitrogens is 3. The quantitative estimate of drug-likeness (QED) is 0.680. The van der Waals surface area contributed by atoms with Gasteiger partial charge in [0.1, 0.15) is 23.7 Å². The molecule has 3 rings (SSSR count). The van der Waals surface area contributed by atoms with Crippen molar-refractivity contribution in [3.05, 3.63) is 30.2 Å². The van der Waals surface area contributed by atoms with Crippen LogP contribution in [0.3, 0.4) is 0 Å². The number of carbonyl (C=O) groups excluding carboxylic acids is 1. The minimum absolute atomic E-state index is 0. The average Bonchev–Trinajstić information content (AvgIpc) is 3.03. The van der Waals surface area contributed by atoms with Crippen LogP contribution in [0.5, 0.6) is 5.88 Å². The standard InChI is InChI=1S/C16H20FN5O4S.ClH/c1-27(24,25)9-22-8-11(6-21-22)10-4-12(15(18)23)16(20-5-10)26-14-2-3-19-7-13(14)17;/h4-6,8,13-14,19H,2-3,7,9H2,1H3,(H2,18,23);1H/t13-,14+;/m0./s1. The molecule has 1 fully saturated rings. The summed E-state index contributed by atoms with van der Waals surface area (Å²) in [7, 11) is -3.25. The van der Waals surface area contributed by atoms with Crippen LogP contribution in [0.15, 0.2) is 24.7 Å². The van der Waals surface area contributed by atoms with Crippen molar-refractivity contribution in [1.82, 2.24) is 20.1 Å². The Labute approximate surface area is 167 Å². The maximum Gasteiger partial charge on any atom is 0.254 e. The average molecular weight is 434 g/mol. The second-order valence-corrected chi connectivity index (χ2v) is 8.54. The van der Waals surface area contributed by atoms with E-state index < -0.39 is 28.0 Å². The lowest BCUT2D eigenvalue weighted by atomic mass is 10.1. The molecule has 1 saturated heterocycles. The van der Waals surface area contributed by atoms with E-state index in [4.69, 9.17) is 10.5 Å². The van der Waals surface area contributed by atoms with Gasteiger partial charge in [0, 0.05) is 36.3 Å². The molecule has 0 bridgehead atoms. The van der Waals surface area contributed by atoms with Gasteiger partial charge in [-0.1, -0.05) is 0 Å². The highest BCUT2D eigenvalue weighted by atomic mass is 35.5. The largest absolute Gasteiger partial charge is 0.471 e. The van der Waals surface area contributed by atoms with Crippen LogP contribution in [-0.2, 0) is 15.7 Å². The van der Waals surface area contributed by atoms with Crippen molar-refractivity contribution in [3.8, 4) is 17.0 Å². The van der Waals surface area contributed by atoms with Gasteiger partial charge >= 0.3 is 0 Å². The van der Waals surface area contributed by atoms with Gasteiger partial charge in [-0.15, -0.1) is 12.4 Å². The Balaban J connectivity index is 0.00000280. The molecule has 2 atom stereocenters. The van der Waals surface area contributed by atoms with E-state index >= 15 is 0 Å². The molecule has 0 radical (unpaired) electrons. The number of nitrogens with one attached hydrogen (secondary N) is 1. The summed E-state index contributed by atoms with van der Waals surface area (Å²) in [4.78, 5) is 15.9. The first-order valence-electron chi connectivity index (χ1n) is 8.25. The van der Waals surface area contributed by atoms with Crippen molar-refractivity contribution in [2.24, 2.45) is 5.73 Å². The third-order valence-electron chi connectivity index (χ3n) is 4.06. The van der Waals surface area contributed by atoms with Gasteiger partial charge in [0.2, 0.25) is 5.88 Å². The lowest BCUT2D eigenvalue weighted by molar-refractivity contribution is 0.0676. The topological polar surface area (TPSA) is 129 Å². The molecule has 1 amide bonds. The molecule has 28 heavy (non-hydrogen) atoms. The van der Waals surface area contributed by atoms with Gasteiger partial charge in [0.15, 0.2) is 9.84 Å². The molecule has 0 aromatic carbocycles. The molecule has 1 aliphatic heterocycles. The molecule has 0 spiro atoms. The van der Waals surface area contributed by atoms with Gasteiger partial charge in [0.05, 0.1) is 6.20 Å². The van der Waals surface area contributed by atoms with E-state index in [2.05, 4.69) is 15.4 Å². The summed E-state index contributed by atoms with van der Waals surface area (Å²) in [5.74, 6) is -1.05. The molecule has 0 unspecified atom stereocenters. The van der Waals surface area contributed by atoms with E-state index in [0.29, 0.717) is 24.1 Å². The molecule has 2 aromatic rings. The van der Waals surface area contributed by atoms with Crippen molar-refractivity contribution in [3.63, 3.8) is 0 Å². The zero-order valence-corrected chi connectivity index (χ0v) is 16.7. The number of hydrogen-bond acceptors (Lipinski definition) is 7. The second-order valence-electron chi connectivity index (χ2n) is 6.43. The Morgan fingerprint density at radius 1 is 1.43 bits per heavy atom. The number of piperidine rings is 1. The van der Waals surface area contributed by atoms with Crippen LogP contribution in [0.2, 0.25) is 0 Å². The van der Waals surface area contributed by atoms with E-state index in [9.17, 15) is 17.6 Å². The Morgan fingerprint density at radius 3 is 2.82 bits per heavy atom. The number of nitrogens with zero attached hydrogens (tertiary/aromatic N) is 3. The molecular formula is C16H21ClFN5O4S. The van der Waals surface area contributed by atoms with Crippen molar-refractivity contribution < 1.29 is 22.3 Å². The summed E-state index contributed by atoms with van der Waals surface area (Å²) in [6.45, 7) is 0.781. The minimum Gasteiger partial charge on any atom is -0.471 e. The minimum atomic E-state index is -3.25. The van der Waals surface area contributed by atoms with Crippen molar-refractivity contribution in [2.75, 3.05) is 19.3 Å². The highest BCUT2D eigenvalue weighted by Gasteiger charge is 2.28. The van der Waals surface area contributed by atoms with Crippen molar-refractivity contribution >= 4 is 28.2 Å². The Hall–Kier alpha value is -2.24. The molecular weight excluding hydrogens is 413 g/mol. The SMILES string of the molecule is CS(=O)(=O)Cn1cc(-c2cnc(O[C@@H]3CCNC[C@@H]3F)c(C(N)=O)c2)cn1.Cl. The van der Waals surface area contributed by atoms with Crippen LogP contribution in [0.25, 0.3) is 11.1 Å². The van der Waals surface area contributed by atoms with E-state index in [1.807, 2.05) is 0 Å². The summed E-state index contributed by atoms with van der Waals surface area (Å²) in [6, 6.07) is 1.47. The maximum atomic E-state index is 14.0. The Bertz CT molecular complexity index is 952. The highest BCUT2D eigenvalue weighted by Crippen LogP contribution is 2.26. The van der Waals surface area contributed by atoms with Crippen LogP contribution in [0, 0.1) is 0 Å². The normalized spacial score (nSPS) is 19.6. The number of carbonyl (C=O) groups is 1. The molecule has 0 aliphatic carbocycles. The van der Waals surface area contributed by atoms with Crippen molar-refractivity contribution in [2.45, 2.75) is 24.6 Å². The van der Waals surface area contributed by atoms with Gasteiger partial charge in [-0.05, 0) is 19.0 Å². The predicted octanol–water partition coefficient (Wildman–Crippen LogP) is 0.547. The summed E-state index contributed by atoms with van der Waals surface area (Å²) in [5.41, 5.74) is 6.52. The van der Waals surface area contributed by atoms with Crippen LogP contribution < -0.4 is 15.8 Å². The summed E-state index contributed by atoms with van der Waals surface area (Å²) >= 11 is 0. The monoisotopic (exact) mass is 433 g/mol. The van der Waals surface area contributed by atoms with E-state index in [0.717, 1.165) is 6.26 Å². The molecule has 3 N–H and O–H groups in total. The molecule has 0 saturated carbocycles. The number of alkyl halides is 1. The predicted molar refractivity (Wildman–Crippen MR) is 103 cm³/mol. The number of nitrogens with two attached hydrogens (primary N) is 1. The van der Waals surface area contributed by atoms with Gasteiger partial charge in [-0.25, -0.2) is 17.8 Å². The number of rotatable bonds is 6. The van der Waals surface area contributed by atoms with Crippen LogP contribution in [-0.4, -0.2) is 60.7 Å². The number of pyridine rings is 1. The Morgan fingerprint density at radius 2 is 2.18 bits per heavy atom. The Kier molecular flexibility index (Phi) is 6.96.